The highest BCUT2D eigenvalue weighted by atomic mass is 16.5. The molecule has 1 aliphatic heterocycles. The van der Waals surface area contributed by atoms with Crippen LogP contribution in [0.1, 0.15) is 43.7 Å². The number of fused-ring (bicyclic) bond motifs is 1. The van der Waals surface area contributed by atoms with E-state index in [1.807, 2.05) is 12.1 Å². The Morgan fingerprint density at radius 3 is 2.74 bits per heavy atom. The molecule has 3 atom stereocenters. The van der Waals surface area contributed by atoms with E-state index in [9.17, 15) is 5.11 Å². The van der Waals surface area contributed by atoms with Crippen LogP contribution in [0.3, 0.4) is 0 Å². The molecule has 0 amide bonds. The summed E-state index contributed by atoms with van der Waals surface area (Å²) in [6.45, 7) is 1.03. The number of hydrogen-bond donors (Lipinski definition) is 2. The van der Waals surface area contributed by atoms with Crippen molar-refractivity contribution in [2.24, 2.45) is 5.92 Å². The second-order valence-corrected chi connectivity index (χ2v) is 6.03. The summed E-state index contributed by atoms with van der Waals surface area (Å²) in [7, 11) is 1.70. The monoisotopic (exact) mass is 262 g/mol. The zero-order valence-electron chi connectivity index (χ0n) is 11.6. The van der Waals surface area contributed by atoms with Crippen molar-refractivity contribution in [1.29, 1.82) is 0 Å². The number of aliphatic hydroxyl groups is 1. The Balaban J connectivity index is 1.85. The van der Waals surface area contributed by atoms with Crippen molar-refractivity contribution < 1.29 is 15.2 Å². The molecule has 1 aromatic rings. The molecule has 3 nitrogen and oxygen atoms in total. The average molecular weight is 262 g/mol. The van der Waals surface area contributed by atoms with Crippen LogP contribution in [0.2, 0.25) is 0 Å². The van der Waals surface area contributed by atoms with E-state index in [1.54, 1.807) is 7.11 Å². The molecule has 19 heavy (non-hydrogen) atoms. The fourth-order valence-corrected chi connectivity index (χ4v) is 3.95. The van der Waals surface area contributed by atoms with Gasteiger partial charge in [-0.2, -0.15) is 0 Å². The number of piperidine rings is 1. The average Bonchev–Trinajstić information content (AvgIpc) is 2.46. The molecule has 0 bridgehead atoms. The van der Waals surface area contributed by atoms with Gasteiger partial charge in [0, 0.05) is 17.9 Å². The van der Waals surface area contributed by atoms with Crippen molar-refractivity contribution in [1.82, 2.24) is 0 Å². The number of nitrogens with two attached hydrogens (primary N) is 1. The lowest BCUT2D eigenvalue weighted by Crippen LogP contribution is -2.91. The van der Waals surface area contributed by atoms with E-state index < -0.39 is 5.60 Å². The normalized spacial score (nSPS) is 34.6. The molecule has 0 aromatic heterocycles. The molecular weight excluding hydrogens is 238 g/mol. The molecule has 1 saturated heterocycles. The lowest BCUT2D eigenvalue weighted by Gasteiger charge is -2.46. The zero-order chi connectivity index (χ0) is 13.3. The van der Waals surface area contributed by atoms with Crippen LogP contribution >= 0.6 is 0 Å². The molecule has 0 radical (unpaired) electrons. The Hall–Kier alpha value is -1.06. The highest BCUT2D eigenvalue weighted by Crippen LogP contribution is 2.43. The van der Waals surface area contributed by atoms with Gasteiger partial charge in [-0.1, -0.05) is 12.8 Å². The van der Waals surface area contributed by atoms with Crippen LogP contribution in [0.4, 0.5) is 0 Å². The summed E-state index contributed by atoms with van der Waals surface area (Å²) >= 11 is 0. The van der Waals surface area contributed by atoms with E-state index in [4.69, 9.17) is 4.74 Å². The van der Waals surface area contributed by atoms with Crippen molar-refractivity contribution in [3.63, 3.8) is 0 Å². The van der Waals surface area contributed by atoms with Crippen LogP contribution < -0.4 is 10.1 Å². The molecule has 104 valence electrons. The number of ether oxygens (including phenoxy) is 1. The van der Waals surface area contributed by atoms with Gasteiger partial charge in [0.25, 0.3) is 0 Å². The number of hydrogen-bond acceptors (Lipinski definition) is 2. The van der Waals surface area contributed by atoms with Crippen LogP contribution in [-0.2, 0) is 0 Å². The molecule has 2 fully saturated rings. The van der Waals surface area contributed by atoms with Crippen molar-refractivity contribution in [2.75, 3.05) is 13.7 Å². The minimum atomic E-state index is -0.419. The van der Waals surface area contributed by atoms with Crippen molar-refractivity contribution in [3.05, 3.63) is 29.8 Å². The summed E-state index contributed by atoms with van der Waals surface area (Å²) in [5.41, 5.74) is 0.906. The lowest BCUT2D eigenvalue weighted by atomic mass is 9.67. The molecule has 3 rings (SSSR count). The molecule has 1 aliphatic carbocycles. The molecule has 1 heterocycles. The van der Waals surface area contributed by atoms with E-state index in [0.29, 0.717) is 12.0 Å². The highest BCUT2D eigenvalue weighted by molar-refractivity contribution is 5.29. The summed E-state index contributed by atoms with van der Waals surface area (Å²) < 4.78 is 5.22. The largest absolute Gasteiger partial charge is 0.497 e. The van der Waals surface area contributed by atoms with Gasteiger partial charge < -0.3 is 15.2 Å². The van der Waals surface area contributed by atoms with Gasteiger partial charge in [0.15, 0.2) is 0 Å². The number of rotatable bonds is 2. The summed E-state index contributed by atoms with van der Waals surface area (Å²) in [5.74, 6) is 1.31. The molecule has 3 heteroatoms. The summed E-state index contributed by atoms with van der Waals surface area (Å²) in [6.07, 6.45) is 5.53. The second-order valence-electron chi connectivity index (χ2n) is 6.03. The van der Waals surface area contributed by atoms with E-state index in [1.165, 1.54) is 18.4 Å². The van der Waals surface area contributed by atoms with Crippen LogP contribution in [0.25, 0.3) is 0 Å². The summed E-state index contributed by atoms with van der Waals surface area (Å²) in [6, 6.07) is 8.77. The van der Waals surface area contributed by atoms with Gasteiger partial charge >= 0.3 is 0 Å². The third kappa shape index (κ3) is 2.37. The van der Waals surface area contributed by atoms with Gasteiger partial charge in [0.1, 0.15) is 11.8 Å². The van der Waals surface area contributed by atoms with Gasteiger partial charge in [-0.25, -0.2) is 0 Å². The van der Waals surface area contributed by atoms with Crippen LogP contribution in [0.5, 0.6) is 5.75 Å². The molecule has 0 unspecified atom stereocenters. The second kappa shape index (κ2) is 5.14. The first kappa shape index (κ1) is 12.9. The van der Waals surface area contributed by atoms with Crippen molar-refractivity contribution in [2.45, 2.75) is 43.7 Å². The predicted molar refractivity (Wildman–Crippen MR) is 74.1 cm³/mol. The minimum absolute atomic E-state index is 0.406. The van der Waals surface area contributed by atoms with Crippen LogP contribution in [0.15, 0.2) is 24.3 Å². The Kier molecular flexibility index (Phi) is 3.50. The molecule has 3 N–H and O–H groups in total. The standard InChI is InChI=1S/C16H23NO2/c1-19-13-7-5-12(6-8-13)15-14-4-2-3-9-16(14,18)10-11-17-15/h5-8,14-15,17-18H,2-4,9-11H2,1H3/p+1/t14-,15-,16-/m1/s1. The third-order valence-electron chi connectivity index (χ3n) is 5.00. The van der Waals surface area contributed by atoms with E-state index in [2.05, 4.69) is 17.4 Å². The molecule has 0 spiro atoms. The predicted octanol–water partition coefficient (Wildman–Crippen LogP) is 1.62. The van der Waals surface area contributed by atoms with Crippen LogP contribution in [-0.4, -0.2) is 24.4 Å². The molecule has 2 aliphatic rings. The maximum atomic E-state index is 10.9. The highest BCUT2D eigenvalue weighted by Gasteiger charge is 2.48. The number of quaternary nitrogens is 1. The Morgan fingerprint density at radius 1 is 1.21 bits per heavy atom. The van der Waals surface area contributed by atoms with Gasteiger partial charge in [-0.15, -0.1) is 0 Å². The third-order valence-corrected chi connectivity index (χ3v) is 5.00. The van der Waals surface area contributed by atoms with Crippen molar-refractivity contribution >= 4 is 0 Å². The summed E-state index contributed by atoms with van der Waals surface area (Å²) in [4.78, 5) is 0. The first-order valence-corrected chi connectivity index (χ1v) is 7.42. The smallest absolute Gasteiger partial charge is 0.118 e. The van der Waals surface area contributed by atoms with Gasteiger partial charge in [-0.05, 0) is 37.1 Å². The number of benzene rings is 1. The fourth-order valence-electron chi connectivity index (χ4n) is 3.95. The van der Waals surface area contributed by atoms with Gasteiger partial charge in [0.05, 0.1) is 19.3 Å². The van der Waals surface area contributed by atoms with E-state index in [-0.39, 0.29) is 0 Å². The van der Waals surface area contributed by atoms with Gasteiger partial charge in [-0.3, -0.25) is 0 Å². The van der Waals surface area contributed by atoms with E-state index >= 15 is 0 Å². The summed E-state index contributed by atoms with van der Waals surface area (Å²) in [5, 5.41) is 13.3. The minimum Gasteiger partial charge on any atom is -0.497 e. The molecular formula is C16H24NO2+. The topological polar surface area (TPSA) is 46.1 Å². The maximum Gasteiger partial charge on any atom is 0.118 e. The zero-order valence-corrected chi connectivity index (χ0v) is 11.6. The molecule has 1 aromatic carbocycles. The molecule has 1 saturated carbocycles. The Labute approximate surface area is 115 Å². The first-order chi connectivity index (χ1) is 9.23. The first-order valence-electron chi connectivity index (χ1n) is 7.42. The van der Waals surface area contributed by atoms with Crippen LogP contribution in [0, 0.1) is 5.92 Å². The van der Waals surface area contributed by atoms with E-state index in [0.717, 1.165) is 31.6 Å². The van der Waals surface area contributed by atoms with Gasteiger partial charge in [0.2, 0.25) is 0 Å². The maximum absolute atomic E-state index is 10.9. The Bertz CT molecular complexity index is 427. The number of methoxy groups -OCH3 is 1. The Morgan fingerprint density at radius 2 is 2.00 bits per heavy atom. The SMILES string of the molecule is COc1ccc([C@H]2[NH2+]CC[C@]3(O)CCCC[C@H]23)cc1. The lowest BCUT2D eigenvalue weighted by molar-refractivity contribution is -0.719. The quantitative estimate of drug-likeness (QED) is 0.851. The van der Waals surface area contributed by atoms with Crippen molar-refractivity contribution in [3.8, 4) is 5.75 Å². The fraction of sp³-hybridized carbons (Fsp3) is 0.625.